The maximum atomic E-state index is 13.1. The fraction of sp³-hybridized carbons (Fsp3) is 0.333. The van der Waals surface area contributed by atoms with E-state index in [9.17, 15) is 26.4 Å². The Hall–Kier alpha value is -3.14. The smallest absolute Gasteiger partial charge is 0.356 e. The fourth-order valence-corrected chi connectivity index (χ4v) is 5.07. The third-order valence-corrected chi connectivity index (χ3v) is 7.06. The van der Waals surface area contributed by atoms with Crippen molar-refractivity contribution in [2.24, 2.45) is 0 Å². The molecule has 1 aromatic heterocycles. The lowest BCUT2D eigenvalue weighted by Gasteiger charge is -2.10. The van der Waals surface area contributed by atoms with Gasteiger partial charge in [-0.25, -0.2) is 13.1 Å². The largest absolute Gasteiger partial charge is 0.416 e. The van der Waals surface area contributed by atoms with Crippen molar-refractivity contribution in [1.82, 2.24) is 15.1 Å². The van der Waals surface area contributed by atoms with Gasteiger partial charge in [0.2, 0.25) is 5.91 Å². The molecule has 3 rings (SSSR count). The molecule has 1 heterocycles. The van der Waals surface area contributed by atoms with Crippen LogP contribution >= 0.6 is 0 Å². The molecular weight excluding hydrogens is 467 g/mol. The number of nitrogens with one attached hydrogen (secondary N) is 1. The highest BCUT2D eigenvalue weighted by Gasteiger charge is 2.30. The number of hydrogen-bond acceptors (Lipinski definition) is 4. The third kappa shape index (κ3) is 6.69. The lowest BCUT2D eigenvalue weighted by atomic mass is 10.1. The predicted molar refractivity (Wildman–Crippen MR) is 123 cm³/mol. The molecular formula is C24H26F3N3O3S. The number of nitrogens with zero attached hydrogens (tertiary/aromatic N) is 2. The first kappa shape index (κ1) is 25.5. The first-order valence-electron chi connectivity index (χ1n) is 10.7. The van der Waals surface area contributed by atoms with Crippen molar-refractivity contribution in [2.45, 2.75) is 38.6 Å². The van der Waals surface area contributed by atoms with Gasteiger partial charge in [0.05, 0.1) is 34.9 Å². The van der Waals surface area contributed by atoms with Crippen LogP contribution in [0.5, 0.6) is 0 Å². The van der Waals surface area contributed by atoms with E-state index in [4.69, 9.17) is 0 Å². The van der Waals surface area contributed by atoms with Crippen molar-refractivity contribution in [2.75, 3.05) is 12.3 Å². The molecule has 0 aliphatic rings. The van der Waals surface area contributed by atoms with Gasteiger partial charge < -0.3 is 5.32 Å². The van der Waals surface area contributed by atoms with E-state index in [1.807, 2.05) is 6.07 Å². The van der Waals surface area contributed by atoms with Crippen LogP contribution in [0.25, 0.3) is 5.69 Å². The minimum atomic E-state index is -4.47. The second-order valence-corrected chi connectivity index (χ2v) is 10.3. The van der Waals surface area contributed by atoms with Crippen LogP contribution in [0.4, 0.5) is 13.2 Å². The number of benzene rings is 2. The van der Waals surface area contributed by atoms with Gasteiger partial charge in [-0.2, -0.15) is 18.3 Å². The summed E-state index contributed by atoms with van der Waals surface area (Å²) in [5, 5.41) is 7.03. The molecule has 1 N–H and O–H groups in total. The topological polar surface area (TPSA) is 81.1 Å². The van der Waals surface area contributed by atoms with Crippen LogP contribution < -0.4 is 5.32 Å². The van der Waals surface area contributed by atoms with Gasteiger partial charge in [0, 0.05) is 17.8 Å². The number of aromatic nitrogens is 2. The summed E-state index contributed by atoms with van der Waals surface area (Å²) in [7, 11) is -3.29. The molecule has 0 bridgehead atoms. The number of hydrogen-bond donors (Lipinski definition) is 1. The van der Waals surface area contributed by atoms with Crippen LogP contribution in [-0.2, 0) is 33.0 Å². The molecule has 182 valence electrons. The molecule has 2 aromatic carbocycles. The third-order valence-electron chi connectivity index (χ3n) is 5.38. The van der Waals surface area contributed by atoms with Gasteiger partial charge in [-0.05, 0) is 44.0 Å². The van der Waals surface area contributed by atoms with Crippen molar-refractivity contribution < 1.29 is 26.4 Å². The number of halogens is 3. The van der Waals surface area contributed by atoms with E-state index in [2.05, 4.69) is 10.4 Å². The normalized spacial score (nSPS) is 12.0. The van der Waals surface area contributed by atoms with Crippen molar-refractivity contribution in [1.29, 1.82) is 0 Å². The summed E-state index contributed by atoms with van der Waals surface area (Å²) >= 11 is 0. The number of rotatable bonds is 9. The van der Waals surface area contributed by atoms with Crippen molar-refractivity contribution in [3.05, 3.63) is 82.7 Å². The maximum Gasteiger partial charge on any atom is 0.416 e. The maximum absolute atomic E-state index is 13.1. The standard InChI is InChI=1S/C24H26F3N3O3S/c1-17-22(18(2)30(29-17)21-11-6-10-20(14-21)24(25,26)27)15-23(31)28-12-7-13-34(32,33)16-19-8-4-3-5-9-19/h3-6,8-11,14H,7,12-13,15-16H2,1-2H3,(H,28,31). The zero-order chi connectivity index (χ0) is 24.9. The highest BCUT2D eigenvalue weighted by Crippen LogP contribution is 2.30. The number of aryl methyl sites for hydroxylation is 1. The van der Waals surface area contributed by atoms with E-state index in [0.717, 1.165) is 17.7 Å². The molecule has 0 saturated heterocycles. The summed E-state index contributed by atoms with van der Waals surface area (Å²) in [4.78, 5) is 12.4. The van der Waals surface area contributed by atoms with Gasteiger partial charge >= 0.3 is 6.18 Å². The highest BCUT2D eigenvalue weighted by atomic mass is 32.2. The predicted octanol–water partition coefficient (Wildman–Crippen LogP) is 4.17. The Kier molecular flexibility index (Phi) is 7.81. The summed E-state index contributed by atoms with van der Waals surface area (Å²) in [6, 6.07) is 13.7. The Morgan fingerprint density at radius 1 is 1.06 bits per heavy atom. The summed E-state index contributed by atoms with van der Waals surface area (Å²) in [5.41, 5.74) is 1.92. The summed E-state index contributed by atoms with van der Waals surface area (Å²) in [6.45, 7) is 3.58. The Labute approximate surface area is 196 Å². The van der Waals surface area contributed by atoms with Gasteiger partial charge in [-0.3, -0.25) is 4.79 Å². The average molecular weight is 494 g/mol. The van der Waals surface area contributed by atoms with E-state index in [-0.39, 0.29) is 42.5 Å². The van der Waals surface area contributed by atoms with Crippen LogP contribution in [0.3, 0.4) is 0 Å². The number of sulfone groups is 1. The zero-order valence-electron chi connectivity index (χ0n) is 18.9. The SMILES string of the molecule is Cc1nn(-c2cccc(C(F)(F)F)c2)c(C)c1CC(=O)NCCCS(=O)(=O)Cc1ccccc1. The molecule has 10 heteroatoms. The molecule has 34 heavy (non-hydrogen) atoms. The number of carbonyl (C=O) groups excluding carboxylic acids is 1. The molecule has 0 unspecified atom stereocenters. The summed E-state index contributed by atoms with van der Waals surface area (Å²) in [6.07, 6.45) is -4.20. The van der Waals surface area contributed by atoms with Crippen LogP contribution in [0.2, 0.25) is 0 Å². The van der Waals surface area contributed by atoms with Crippen LogP contribution in [0, 0.1) is 13.8 Å². The molecule has 3 aromatic rings. The van der Waals surface area contributed by atoms with E-state index in [1.165, 1.54) is 16.8 Å². The van der Waals surface area contributed by atoms with Crippen molar-refractivity contribution >= 4 is 15.7 Å². The van der Waals surface area contributed by atoms with E-state index >= 15 is 0 Å². The van der Waals surface area contributed by atoms with Gasteiger partial charge in [0.25, 0.3) is 0 Å². The molecule has 1 amide bonds. The van der Waals surface area contributed by atoms with Crippen LogP contribution in [-0.4, -0.2) is 36.4 Å². The van der Waals surface area contributed by atoms with E-state index in [0.29, 0.717) is 17.0 Å². The first-order valence-corrected chi connectivity index (χ1v) is 12.5. The molecule has 0 atom stereocenters. The number of amides is 1. The van der Waals surface area contributed by atoms with Gasteiger partial charge in [-0.15, -0.1) is 0 Å². The monoisotopic (exact) mass is 493 g/mol. The highest BCUT2D eigenvalue weighted by molar-refractivity contribution is 7.90. The average Bonchev–Trinajstić information content (AvgIpc) is 3.05. The zero-order valence-corrected chi connectivity index (χ0v) is 19.7. The quantitative estimate of drug-likeness (QED) is 0.454. The Morgan fingerprint density at radius 2 is 1.76 bits per heavy atom. The lowest BCUT2D eigenvalue weighted by Crippen LogP contribution is -2.28. The summed E-state index contributed by atoms with van der Waals surface area (Å²) < 4.78 is 65.1. The van der Waals surface area contributed by atoms with Gasteiger partial charge in [0.15, 0.2) is 9.84 Å². The molecule has 0 saturated carbocycles. The molecule has 0 aliphatic carbocycles. The molecule has 0 aliphatic heterocycles. The van der Waals surface area contributed by atoms with E-state index in [1.54, 1.807) is 38.1 Å². The molecule has 6 nitrogen and oxygen atoms in total. The second-order valence-electron chi connectivity index (χ2n) is 8.07. The minimum Gasteiger partial charge on any atom is -0.356 e. The van der Waals surface area contributed by atoms with Crippen LogP contribution in [0.1, 0.15) is 34.5 Å². The molecule has 0 fully saturated rings. The molecule has 0 radical (unpaired) electrons. The van der Waals surface area contributed by atoms with Gasteiger partial charge in [0.1, 0.15) is 0 Å². The Morgan fingerprint density at radius 3 is 2.44 bits per heavy atom. The number of alkyl halides is 3. The molecule has 0 spiro atoms. The van der Waals surface area contributed by atoms with Crippen molar-refractivity contribution in [3.8, 4) is 5.69 Å². The lowest BCUT2D eigenvalue weighted by molar-refractivity contribution is -0.137. The number of carbonyl (C=O) groups is 1. The van der Waals surface area contributed by atoms with Gasteiger partial charge in [-0.1, -0.05) is 36.4 Å². The first-order chi connectivity index (χ1) is 16.0. The second kappa shape index (κ2) is 10.4. The van der Waals surface area contributed by atoms with E-state index < -0.39 is 21.6 Å². The van der Waals surface area contributed by atoms with Crippen molar-refractivity contribution in [3.63, 3.8) is 0 Å². The van der Waals surface area contributed by atoms with Crippen LogP contribution in [0.15, 0.2) is 54.6 Å². The summed E-state index contributed by atoms with van der Waals surface area (Å²) in [5.74, 6) is -0.405. The minimum absolute atomic E-state index is 0.00655. The Balaban J connectivity index is 1.57. The fourth-order valence-electron chi connectivity index (χ4n) is 3.64. The Bertz CT molecular complexity index is 1250.